The van der Waals surface area contributed by atoms with E-state index in [4.69, 9.17) is 0 Å². The van der Waals surface area contributed by atoms with E-state index in [-0.39, 0.29) is 0 Å². The molecule has 1 saturated carbocycles. The van der Waals surface area contributed by atoms with Gasteiger partial charge in [0, 0.05) is 11.4 Å². The molecule has 0 aromatic heterocycles. The van der Waals surface area contributed by atoms with Crippen LogP contribution in [0.5, 0.6) is 0 Å². The molecule has 6 heteroatoms. The molecule has 20 heavy (non-hydrogen) atoms. The molecule has 1 aliphatic carbocycles. The monoisotopic (exact) mass is 300 g/mol. The van der Waals surface area contributed by atoms with Crippen molar-refractivity contribution in [2.24, 2.45) is 10.9 Å². The SMILES string of the molecule is FC(F)(F)c1ccc(NC2=NC3CCCC3CS2)cc1. The van der Waals surface area contributed by atoms with Crippen LogP contribution in [0.3, 0.4) is 0 Å². The van der Waals surface area contributed by atoms with E-state index >= 15 is 0 Å². The number of nitrogens with one attached hydrogen (secondary N) is 1. The molecule has 108 valence electrons. The minimum Gasteiger partial charge on any atom is -0.335 e. The van der Waals surface area contributed by atoms with Crippen LogP contribution in [0.4, 0.5) is 18.9 Å². The maximum absolute atomic E-state index is 12.5. The van der Waals surface area contributed by atoms with Gasteiger partial charge in [-0.1, -0.05) is 18.2 Å². The quantitative estimate of drug-likeness (QED) is 0.832. The van der Waals surface area contributed by atoms with Gasteiger partial charge in [0.25, 0.3) is 0 Å². The lowest BCUT2D eigenvalue weighted by Gasteiger charge is -2.23. The molecule has 2 atom stereocenters. The van der Waals surface area contributed by atoms with Crippen molar-refractivity contribution in [3.05, 3.63) is 29.8 Å². The van der Waals surface area contributed by atoms with Crippen LogP contribution in [0.1, 0.15) is 24.8 Å². The second kappa shape index (κ2) is 5.31. The summed E-state index contributed by atoms with van der Waals surface area (Å²) in [6.07, 6.45) is -0.683. The number of amidine groups is 1. The first-order chi connectivity index (χ1) is 9.52. The number of alkyl halides is 3. The number of nitrogens with zero attached hydrogens (tertiary/aromatic N) is 1. The van der Waals surface area contributed by atoms with Crippen molar-refractivity contribution in [1.29, 1.82) is 0 Å². The number of hydrogen-bond acceptors (Lipinski definition) is 3. The van der Waals surface area contributed by atoms with Gasteiger partial charge in [0.15, 0.2) is 5.17 Å². The van der Waals surface area contributed by atoms with Crippen LogP contribution >= 0.6 is 11.8 Å². The van der Waals surface area contributed by atoms with Gasteiger partial charge in [-0.05, 0) is 43.0 Å². The average molecular weight is 300 g/mol. The van der Waals surface area contributed by atoms with Gasteiger partial charge in [0.2, 0.25) is 0 Å². The number of fused-ring (bicyclic) bond motifs is 1. The number of aliphatic imine (C=N–C) groups is 1. The molecule has 0 bridgehead atoms. The zero-order chi connectivity index (χ0) is 14.2. The standard InChI is InChI=1S/C14H15F3N2S/c15-14(16,17)10-4-6-11(7-5-10)18-13-19-12-3-1-2-9(12)8-20-13/h4-7,9,12H,1-3,8H2,(H,18,19). The number of anilines is 1. The van der Waals surface area contributed by atoms with E-state index in [0.717, 1.165) is 29.5 Å². The van der Waals surface area contributed by atoms with Gasteiger partial charge in [0.05, 0.1) is 11.6 Å². The summed E-state index contributed by atoms with van der Waals surface area (Å²) in [7, 11) is 0. The van der Waals surface area contributed by atoms with Crippen molar-refractivity contribution in [2.75, 3.05) is 11.1 Å². The van der Waals surface area contributed by atoms with E-state index in [0.29, 0.717) is 17.6 Å². The van der Waals surface area contributed by atoms with Crippen LogP contribution in [0.25, 0.3) is 0 Å². The number of hydrogen-bond donors (Lipinski definition) is 1. The number of benzene rings is 1. The highest BCUT2D eigenvalue weighted by Gasteiger charge is 2.31. The van der Waals surface area contributed by atoms with Crippen molar-refractivity contribution < 1.29 is 13.2 Å². The smallest absolute Gasteiger partial charge is 0.335 e. The molecule has 3 rings (SSSR count). The molecule has 0 saturated heterocycles. The molecule has 1 fully saturated rings. The topological polar surface area (TPSA) is 24.4 Å². The third-order valence-corrected chi connectivity index (χ3v) is 4.88. The van der Waals surface area contributed by atoms with Crippen molar-refractivity contribution >= 4 is 22.6 Å². The summed E-state index contributed by atoms with van der Waals surface area (Å²) in [5, 5.41) is 3.94. The first-order valence-corrected chi connectivity index (χ1v) is 7.66. The number of rotatable bonds is 1. The highest BCUT2D eigenvalue weighted by Crippen LogP contribution is 2.36. The van der Waals surface area contributed by atoms with E-state index in [1.807, 2.05) is 0 Å². The Labute approximate surface area is 119 Å². The average Bonchev–Trinajstić information content (AvgIpc) is 2.86. The minimum atomic E-state index is -4.29. The van der Waals surface area contributed by atoms with E-state index < -0.39 is 11.7 Å². The van der Waals surface area contributed by atoms with Crippen molar-refractivity contribution in [3.8, 4) is 0 Å². The fraction of sp³-hybridized carbons (Fsp3) is 0.500. The number of halogens is 3. The van der Waals surface area contributed by atoms with E-state index in [9.17, 15) is 13.2 Å². The van der Waals surface area contributed by atoms with Gasteiger partial charge in [-0.25, -0.2) is 0 Å². The third-order valence-electron chi connectivity index (χ3n) is 3.80. The molecular weight excluding hydrogens is 285 g/mol. The molecule has 2 unspecified atom stereocenters. The molecule has 1 N–H and O–H groups in total. The summed E-state index contributed by atoms with van der Waals surface area (Å²) >= 11 is 1.66. The molecule has 1 aromatic rings. The van der Waals surface area contributed by atoms with Gasteiger partial charge in [0.1, 0.15) is 0 Å². The van der Waals surface area contributed by atoms with Crippen LogP contribution in [0.2, 0.25) is 0 Å². The largest absolute Gasteiger partial charge is 0.416 e. The highest BCUT2D eigenvalue weighted by atomic mass is 32.2. The van der Waals surface area contributed by atoms with Gasteiger partial charge >= 0.3 is 6.18 Å². The molecule has 0 spiro atoms. The number of thioether (sulfide) groups is 1. The molecule has 1 aromatic carbocycles. The first kappa shape index (κ1) is 13.8. The summed E-state index contributed by atoms with van der Waals surface area (Å²) in [6.45, 7) is 0. The van der Waals surface area contributed by atoms with E-state index in [1.54, 1.807) is 11.8 Å². The fourth-order valence-corrected chi connectivity index (χ4v) is 3.85. The van der Waals surface area contributed by atoms with E-state index in [1.165, 1.54) is 25.0 Å². The first-order valence-electron chi connectivity index (χ1n) is 6.67. The Kier molecular flexibility index (Phi) is 3.67. The van der Waals surface area contributed by atoms with Gasteiger partial charge < -0.3 is 5.32 Å². The molecule has 1 aliphatic heterocycles. The Morgan fingerprint density at radius 2 is 1.90 bits per heavy atom. The molecule has 0 amide bonds. The Bertz CT molecular complexity index is 510. The lowest BCUT2D eigenvalue weighted by atomic mass is 10.1. The lowest BCUT2D eigenvalue weighted by Crippen LogP contribution is -2.25. The van der Waals surface area contributed by atoms with Crippen molar-refractivity contribution in [3.63, 3.8) is 0 Å². The maximum atomic E-state index is 12.5. The summed E-state index contributed by atoms with van der Waals surface area (Å²) in [4.78, 5) is 4.66. The zero-order valence-electron chi connectivity index (χ0n) is 10.8. The molecule has 2 nitrogen and oxygen atoms in total. The molecule has 1 heterocycles. The van der Waals surface area contributed by atoms with Crippen molar-refractivity contribution in [2.45, 2.75) is 31.5 Å². The van der Waals surface area contributed by atoms with Gasteiger partial charge in [-0.3, -0.25) is 4.99 Å². The Hall–Kier alpha value is -1.17. The highest BCUT2D eigenvalue weighted by molar-refractivity contribution is 8.14. The lowest BCUT2D eigenvalue weighted by molar-refractivity contribution is -0.137. The molecule has 0 radical (unpaired) electrons. The molecule has 2 aliphatic rings. The second-order valence-electron chi connectivity index (χ2n) is 5.20. The summed E-state index contributed by atoms with van der Waals surface area (Å²) in [5.74, 6) is 1.73. The Morgan fingerprint density at radius 3 is 2.60 bits per heavy atom. The van der Waals surface area contributed by atoms with Crippen molar-refractivity contribution in [1.82, 2.24) is 0 Å². The van der Waals surface area contributed by atoms with E-state index in [2.05, 4.69) is 10.3 Å². The summed E-state index contributed by atoms with van der Waals surface area (Å²) in [5.41, 5.74) is 0.0258. The van der Waals surface area contributed by atoms with Crippen LogP contribution in [0.15, 0.2) is 29.3 Å². The van der Waals surface area contributed by atoms with Crippen LogP contribution in [-0.2, 0) is 6.18 Å². The Morgan fingerprint density at radius 1 is 1.15 bits per heavy atom. The predicted molar refractivity (Wildman–Crippen MR) is 76.1 cm³/mol. The normalized spacial score (nSPS) is 26.1. The van der Waals surface area contributed by atoms with Crippen LogP contribution in [0, 0.1) is 5.92 Å². The third kappa shape index (κ3) is 2.95. The predicted octanol–water partition coefficient (Wildman–Crippen LogP) is 4.39. The molecular formula is C14H15F3N2S. The van der Waals surface area contributed by atoms with Crippen LogP contribution in [-0.4, -0.2) is 17.0 Å². The fourth-order valence-electron chi connectivity index (χ4n) is 2.69. The van der Waals surface area contributed by atoms with Crippen LogP contribution < -0.4 is 5.32 Å². The Balaban J connectivity index is 1.69. The summed E-state index contributed by atoms with van der Waals surface area (Å²) < 4.78 is 37.4. The zero-order valence-corrected chi connectivity index (χ0v) is 11.6. The van der Waals surface area contributed by atoms with Gasteiger partial charge in [-0.15, -0.1) is 0 Å². The maximum Gasteiger partial charge on any atom is 0.416 e. The minimum absolute atomic E-state index is 0.396. The second-order valence-corrected chi connectivity index (χ2v) is 6.21. The van der Waals surface area contributed by atoms with Gasteiger partial charge in [-0.2, -0.15) is 13.2 Å². The summed E-state index contributed by atoms with van der Waals surface area (Å²) in [6, 6.07) is 5.48.